The van der Waals surface area contributed by atoms with Gasteiger partial charge >= 0.3 is 5.69 Å². The Kier molecular flexibility index (Phi) is 4.89. The molecule has 2 aromatic heterocycles. The predicted octanol–water partition coefficient (Wildman–Crippen LogP) is 2.03. The number of benzene rings is 1. The van der Waals surface area contributed by atoms with Gasteiger partial charge in [0.25, 0.3) is 5.56 Å². The number of anilines is 2. The van der Waals surface area contributed by atoms with E-state index in [1.807, 2.05) is 27.7 Å². The lowest BCUT2D eigenvalue weighted by atomic mass is 10.2. The van der Waals surface area contributed by atoms with E-state index in [2.05, 4.69) is 6.58 Å². The number of fused-ring (bicyclic) bond motifs is 3. The zero-order valence-corrected chi connectivity index (χ0v) is 17.6. The summed E-state index contributed by atoms with van der Waals surface area (Å²) in [5.74, 6) is 1.96. The second-order valence-electron chi connectivity index (χ2n) is 7.47. The van der Waals surface area contributed by atoms with Crippen molar-refractivity contribution in [1.29, 1.82) is 0 Å². The average molecular weight is 411 g/mol. The molecule has 0 aliphatic carbocycles. The van der Waals surface area contributed by atoms with Gasteiger partial charge in [0.15, 0.2) is 11.2 Å². The summed E-state index contributed by atoms with van der Waals surface area (Å²) in [6, 6.07) is 5.55. The van der Waals surface area contributed by atoms with Crippen LogP contribution in [0.5, 0.6) is 11.5 Å². The Morgan fingerprint density at radius 3 is 2.63 bits per heavy atom. The monoisotopic (exact) mass is 411 g/mol. The van der Waals surface area contributed by atoms with Crippen molar-refractivity contribution >= 4 is 22.8 Å². The van der Waals surface area contributed by atoms with Crippen LogP contribution in [-0.4, -0.2) is 39.4 Å². The first-order valence-electron chi connectivity index (χ1n) is 9.71. The van der Waals surface area contributed by atoms with E-state index in [9.17, 15) is 9.59 Å². The molecule has 0 unspecified atom stereocenters. The summed E-state index contributed by atoms with van der Waals surface area (Å²) < 4.78 is 15.5. The predicted molar refractivity (Wildman–Crippen MR) is 115 cm³/mol. The summed E-state index contributed by atoms with van der Waals surface area (Å²) in [4.78, 5) is 32.7. The van der Waals surface area contributed by atoms with Crippen molar-refractivity contribution in [3.63, 3.8) is 0 Å². The number of imidazole rings is 1. The van der Waals surface area contributed by atoms with Crippen LogP contribution in [0.3, 0.4) is 0 Å². The molecule has 158 valence electrons. The van der Waals surface area contributed by atoms with E-state index in [4.69, 9.17) is 14.5 Å². The molecule has 4 rings (SSSR count). The van der Waals surface area contributed by atoms with E-state index < -0.39 is 5.69 Å². The van der Waals surface area contributed by atoms with Crippen LogP contribution in [0.25, 0.3) is 11.2 Å². The molecule has 0 amide bonds. The number of nitrogens with zero attached hydrogens (tertiary/aromatic N) is 5. The zero-order valence-electron chi connectivity index (χ0n) is 17.6. The SMILES string of the molecule is C=C(C)Cn1c(=O)c2c(nc3n2CCCN3c2cc(OC)ccc2OC)n(C)c1=O. The van der Waals surface area contributed by atoms with Crippen LogP contribution in [-0.2, 0) is 20.1 Å². The highest BCUT2D eigenvalue weighted by Crippen LogP contribution is 2.38. The van der Waals surface area contributed by atoms with Crippen molar-refractivity contribution in [3.8, 4) is 11.5 Å². The first-order valence-corrected chi connectivity index (χ1v) is 9.71. The van der Waals surface area contributed by atoms with Crippen LogP contribution in [0.2, 0.25) is 0 Å². The Morgan fingerprint density at radius 2 is 1.97 bits per heavy atom. The highest BCUT2D eigenvalue weighted by molar-refractivity contribution is 5.78. The second kappa shape index (κ2) is 7.40. The molecule has 9 nitrogen and oxygen atoms in total. The molecule has 3 heterocycles. The molecule has 1 aliphatic rings. The fourth-order valence-corrected chi connectivity index (χ4v) is 3.91. The molecular weight excluding hydrogens is 386 g/mol. The number of methoxy groups -OCH3 is 2. The largest absolute Gasteiger partial charge is 0.497 e. The van der Waals surface area contributed by atoms with E-state index in [0.29, 0.717) is 41.7 Å². The molecule has 3 aromatic rings. The first kappa shape index (κ1) is 19.8. The van der Waals surface area contributed by atoms with Crippen LogP contribution in [0.1, 0.15) is 13.3 Å². The molecule has 0 radical (unpaired) electrons. The molecule has 0 fully saturated rings. The topological polar surface area (TPSA) is 83.5 Å². The van der Waals surface area contributed by atoms with E-state index in [1.165, 1.54) is 9.13 Å². The minimum absolute atomic E-state index is 0.176. The minimum atomic E-state index is -0.406. The van der Waals surface area contributed by atoms with Gasteiger partial charge in [-0.2, -0.15) is 4.98 Å². The van der Waals surface area contributed by atoms with Crippen molar-refractivity contribution in [2.75, 3.05) is 25.7 Å². The number of rotatable bonds is 5. The molecule has 0 spiro atoms. The van der Waals surface area contributed by atoms with Gasteiger partial charge in [-0.15, -0.1) is 0 Å². The lowest BCUT2D eigenvalue weighted by molar-refractivity contribution is 0.403. The number of allylic oxidation sites excluding steroid dienone is 1. The number of ether oxygens (including phenoxy) is 2. The van der Waals surface area contributed by atoms with Crippen LogP contribution < -0.4 is 25.6 Å². The lowest BCUT2D eigenvalue weighted by Gasteiger charge is -2.30. The average Bonchev–Trinajstić information content (AvgIpc) is 3.14. The van der Waals surface area contributed by atoms with E-state index in [0.717, 1.165) is 17.7 Å². The van der Waals surface area contributed by atoms with E-state index in [-0.39, 0.29) is 12.1 Å². The molecule has 1 aliphatic heterocycles. The summed E-state index contributed by atoms with van der Waals surface area (Å²) in [7, 11) is 4.85. The fraction of sp³-hybridized carbons (Fsp3) is 0.381. The Balaban J connectivity index is 1.99. The highest BCUT2D eigenvalue weighted by atomic mass is 16.5. The third-order valence-corrected chi connectivity index (χ3v) is 5.32. The third kappa shape index (κ3) is 2.97. The summed E-state index contributed by atoms with van der Waals surface area (Å²) in [5, 5.41) is 0. The highest BCUT2D eigenvalue weighted by Gasteiger charge is 2.28. The standard InChI is InChI=1S/C21H25N5O4/c1-13(2)12-26-19(27)17-18(23(3)21(26)28)22-20-24(9-6-10-25(17)20)15-11-14(29-4)7-8-16(15)30-5/h7-8,11H,1,6,9-10,12H2,2-5H3. The van der Waals surface area contributed by atoms with Crippen molar-refractivity contribution < 1.29 is 9.47 Å². The smallest absolute Gasteiger partial charge is 0.332 e. The van der Waals surface area contributed by atoms with Crippen LogP contribution in [0.15, 0.2) is 39.9 Å². The van der Waals surface area contributed by atoms with Gasteiger partial charge in [-0.25, -0.2) is 4.79 Å². The molecule has 0 saturated carbocycles. The van der Waals surface area contributed by atoms with Crippen LogP contribution in [0.4, 0.5) is 11.6 Å². The molecule has 0 N–H and O–H groups in total. The van der Waals surface area contributed by atoms with Gasteiger partial charge in [-0.3, -0.25) is 13.9 Å². The summed E-state index contributed by atoms with van der Waals surface area (Å²) in [6.07, 6.45) is 0.807. The van der Waals surface area contributed by atoms with Gasteiger partial charge in [0.2, 0.25) is 5.95 Å². The normalized spacial score (nSPS) is 13.4. The van der Waals surface area contributed by atoms with Crippen molar-refractivity contribution in [1.82, 2.24) is 18.7 Å². The van der Waals surface area contributed by atoms with Crippen molar-refractivity contribution in [2.45, 2.75) is 26.4 Å². The van der Waals surface area contributed by atoms with Gasteiger partial charge < -0.3 is 18.9 Å². The fourth-order valence-electron chi connectivity index (χ4n) is 3.91. The van der Waals surface area contributed by atoms with E-state index >= 15 is 0 Å². The summed E-state index contributed by atoms with van der Waals surface area (Å²) in [6.45, 7) is 7.14. The van der Waals surface area contributed by atoms with Gasteiger partial charge in [-0.1, -0.05) is 12.2 Å². The number of hydrogen-bond acceptors (Lipinski definition) is 6. The van der Waals surface area contributed by atoms with Crippen LogP contribution in [0, 0.1) is 0 Å². The minimum Gasteiger partial charge on any atom is -0.497 e. The molecule has 0 atom stereocenters. The van der Waals surface area contributed by atoms with Gasteiger partial charge in [0, 0.05) is 26.2 Å². The molecule has 30 heavy (non-hydrogen) atoms. The number of aryl methyl sites for hydroxylation is 2. The van der Waals surface area contributed by atoms with Gasteiger partial charge in [0.05, 0.1) is 26.5 Å². The zero-order chi connectivity index (χ0) is 21.6. The maximum absolute atomic E-state index is 13.2. The Bertz CT molecular complexity index is 1270. The van der Waals surface area contributed by atoms with Crippen LogP contribution >= 0.6 is 0 Å². The Labute approximate surface area is 173 Å². The number of aromatic nitrogens is 4. The van der Waals surface area contributed by atoms with Gasteiger partial charge in [0.1, 0.15) is 11.5 Å². The molecule has 0 saturated heterocycles. The van der Waals surface area contributed by atoms with Crippen molar-refractivity contribution in [2.24, 2.45) is 7.05 Å². The lowest BCUT2D eigenvalue weighted by Crippen LogP contribution is -2.40. The molecule has 9 heteroatoms. The first-order chi connectivity index (χ1) is 14.4. The van der Waals surface area contributed by atoms with E-state index in [1.54, 1.807) is 28.2 Å². The third-order valence-electron chi connectivity index (χ3n) is 5.32. The number of hydrogen-bond donors (Lipinski definition) is 0. The summed E-state index contributed by atoms with van der Waals surface area (Å²) in [5.41, 5.74) is 1.55. The summed E-state index contributed by atoms with van der Waals surface area (Å²) >= 11 is 0. The molecule has 1 aromatic carbocycles. The maximum Gasteiger partial charge on any atom is 0.332 e. The van der Waals surface area contributed by atoms with Gasteiger partial charge in [-0.05, 0) is 25.5 Å². The Morgan fingerprint density at radius 1 is 1.20 bits per heavy atom. The molecular formula is C21H25N5O4. The second-order valence-corrected chi connectivity index (χ2v) is 7.47. The van der Waals surface area contributed by atoms with Crippen molar-refractivity contribution in [3.05, 3.63) is 51.2 Å². The quantitative estimate of drug-likeness (QED) is 0.598. The molecule has 0 bridgehead atoms. The maximum atomic E-state index is 13.2. The Hall–Kier alpha value is -3.49.